The number of methoxy groups -OCH3 is 1. The van der Waals surface area contributed by atoms with Crippen LogP contribution in [0.4, 0.5) is 0 Å². The van der Waals surface area contributed by atoms with Gasteiger partial charge in [0.2, 0.25) is 0 Å². The predicted octanol–water partition coefficient (Wildman–Crippen LogP) is 3.10. The monoisotopic (exact) mass is 253 g/mol. The van der Waals surface area contributed by atoms with Crippen molar-refractivity contribution in [1.82, 2.24) is 0 Å². The zero-order valence-corrected chi connectivity index (χ0v) is 11.8. The average molecular weight is 253 g/mol. The third-order valence-electron chi connectivity index (χ3n) is 2.61. The SMILES string of the molecule is COc1ccc(CCC(N)CSC(C)C)cc1. The van der Waals surface area contributed by atoms with Crippen LogP contribution >= 0.6 is 11.8 Å². The number of ether oxygens (including phenoxy) is 1. The summed E-state index contributed by atoms with van der Waals surface area (Å²) in [6.07, 6.45) is 2.09. The van der Waals surface area contributed by atoms with Crippen molar-refractivity contribution < 1.29 is 4.74 Å². The summed E-state index contributed by atoms with van der Waals surface area (Å²) < 4.78 is 5.13. The Bertz CT molecular complexity index is 311. The van der Waals surface area contributed by atoms with Gasteiger partial charge < -0.3 is 10.5 Å². The fourth-order valence-corrected chi connectivity index (χ4v) is 2.34. The fourth-order valence-electron chi connectivity index (χ4n) is 1.54. The number of thioether (sulfide) groups is 1. The minimum atomic E-state index is 0.296. The highest BCUT2D eigenvalue weighted by molar-refractivity contribution is 7.99. The molecule has 1 rings (SSSR count). The van der Waals surface area contributed by atoms with E-state index in [1.807, 2.05) is 23.9 Å². The van der Waals surface area contributed by atoms with Crippen LogP contribution in [0.2, 0.25) is 0 Å². The van der Waals surface area contributed by atoms with Crippen LogP contribution in [0.1, 0.15) is 25.8 Å². The summed E-state index contributed by atoms with van der Waals surface area (Å²) >= 11 is 1.94. The van der Waals surface area contributed by atoms with Gasteiger partial charge >= 0.3 is 0 Å². The first-order valence-electron chi connectivity index (χ1n) is 6.12. The quantitative estimate of drug-likeness (QED) is 0.811. The highest BCUT2D eigenvalue weighted by Crippen LogP contribution is 2.15. The van der Waals surface area contributed by atoms with Gasteiger partial charge in [0.1, 0.15) is 5.75 Å². The molecule has 96 valence electrons. The zero-order valence-electron chi connectivity index (χ0n) is 11.0. The maximum Gasteiger partial charge on any atom is 0.118 e. The van der Waals surface area contributed by atoms with Gasteiger partial charge in [-0.2, -0.15) is 11.8 Å². The second-order valence-electron chi connectivity index (χ2n) is 4.53. The summed E-state index contributed by atoms with van der Waals surface area (Å²) in [5, 5.41) is 0.669. The lowest BCUT2D eigenvalue weighted by molar-refractivity contribution is 0.414. The van der Waals surface area contributed by atoms with Crippen LogP contribution in [-0.2, 0) is 6.42 Å². The lowest BCUT2D eigenvalue weighted by atomic mass is 10.1. The topological polar surface area (TPSA) is 35.2 Å². The Morgan fingerprint density at radius 2 is 1.88 bits per heavy atom. The van der Waals surface area contributed by atoms with E-state index in [0.717, 1.165) is 24.3 Å². The van der Waals surface area contributed by atoms with Crippen molar-refractivity contribution in [2.45, 2.75) is 38.0 Å². The summed E-state index contributed by atoms with van der Waals surface area (Å²) in [5.41, 5.74) is 7.41. The van der Waals surface area contributed by atoms with E-state index in [0.29, 0.717) is 11.3 Å². The summed E-state index contributed by atoms with van der Waals surface area (Å²) in [7, 11) is 1.69. The summed E-state index contributed by atoms with van der Waals surface area (Å²) in [6, 6.07) is 8.53. The molecule has 1 aromatic carbocycles. The molecule has 0 fully saturated rings. The van der Waals surface area contributed by atoms with E-state index in [-0.39, 0.29) is 0 Å². The van der Waals surface area contributed by atoms with Gasteiger partial charge in [0.15, 0.2) is 0 Å². The zero-order chi connectivity index (χ0) is 12.7. The number of rotatable bonds is 7. The number of nitrogens with two attached hydrogens (primary N) is 1. The molecular weight excluding hydrogens is 230 g/mol. The summed E-state index contributed by atoms with van der Waals surface area (Å²) in [4.78, 5) is 0. The van der Waals surface area contributed by atoms with Crippen molar-refractivity contribution in [2.75, 3.05) is 12.9 Å². The number of aryl methyl sites for hydroxylation is 1. The van der Waals surface area contributed by atoms with E-state index >= 15 is 0 Å². The van der Waals surface area contributed by atoms with Crippen LogP contribution in [0, 0.1) is 0 Å². The average Bonchev–Trinajstić information content (AvgIpc) is 2.34. The van der Waals surface area contributed by atoms with E-state index in [2.05, 4.69) is 26.0 Å². The first-order chi connectivity index (χ1) is 8.11. The van der Waals surface area contributed by atoms with Crippen molar-refractivity contribution >= 4 is 11.8 Å². The number of hydrogen-bond donors (Lipinski definition) is 1. The van der Waals surface area contributed by atoms with E-state index in [9.17, 15) is 0 Å². The first-order valence-corrected chi connectivity index (χ1v) is 7.16. The third kappa shape index (κ3) is 5.99. The predicted molar refractivity (Wildman–Crippen MR) is 76.9 cm³/mol. The second-order valence-corrected chi connectivity index (χ2v) is 6.14. The minimum Gasteiger partial charge on any atom is -0.497 e. The lowest BCUT2D eigenvalue weighted by Gasteiger charge is -2.12. The molecule has 17 heavy (non-hydrogen) atoms. The van der Waals surface area contributed by atoms with E-state index in [4.69, 9.17) is 10.5 Å². The van der Waals surface area contributed by atoms with Crippen molar-refractivity contribution in [2.24, 2.45) is 5.73 Å². The molecule has 1 unspecified atom stereocenters. The molecule has 0 spiro atoms. The third-order valence-corrected chi connectivity index (χ3v) is 3.89. The molecule has 2 nitrogen and oxygen atoms in total. The molecular formula is C14H23NOS. The highest BCUT2D eigenvalue weighted by Gasteiger charge is 2.05. The van der Waals surface area contributed by atoms with E-state index in [1.165, 1.54) is 5.56 Å². The van der Waals surface area contributed by atoms with Crippen molar-refractivity contribution in [3.8, 4) is 5.75 Å². The van der Waals surface area contributed by atoms with Crippen LogP contribution < -0.4 is 10.5 Å². The molecule has 0 aromatic heterocycles. The van der Waals surface area contributed by atoms with Crippen molar-refractivity contribution in [3.05, 3.63) is 29.8 Å². The number of benzene rings is 1. The summed E-state index contributed by atoms with van der Waals surface area (Å²) in [5.74, 6) is 1.96. The van der Waals surface area contributed by atoms with Gasteiger partial charge in [-0.3, -0.25) is 0 Å². The van der Waals surface area contributed by atoms with Crippen molar-refractivity contribution in [3.63, 3.8) is 0 Å². The minimum absolute atomic E-state index is 0.296. The lowest BCUT2D eigenvalue weighted by Crippen LogP contribution is -2.24. The molecule has 0 amide bonds. The number of hydrogen-bond acceptors (Lipinski definition) is 3. The Kier molecular flexibility index (Phi) is 6.45. The van der Waals surface area contributed by atoms with Gasteiger partial charge in [-0.25, -0.2) is 0 Å². The molecule has 0 radical (unpaired) electrons. The first kappa shape index (κ1) is 14.4. The van der Waals surface area contributed by atoms with Crippen LogP contribution in [-0.4, -0.2) is 24.2 Å². The molecule has 1 atom stereocenters. The van der Waals surface area contributed by atoms with Gasteiger partial charge in [0, 0.05) is 11.8 Å². The second kappa shape index (κ2) is 7.62. The Balaban J connectivity index is 2.29. The fraction of sp³-hybridized carbons (Fsp3) is 0.571. The van der Waals surface area contributed by atoms with Gasteiger partial charge in [0.25, 0.3) is 0 Å². The molecule has 1 aromatic rings. The molecule has 0 saturated carbocycles. The Morgan fingerprint density at radius 1 is 1.24 bits per heavy atom. The largest absolute Gasteiger partial charge is 0.497 e. The Morgan fingerprint density at radius 3 is 2.41 bits per heavy atom. The summed E-state index contributed by atoms with van der Waals surface area (Å²) in [6.45, 7) is 4.42. The Labute approximate surface area is 109 Å². The molecule has 3 heteroatoms. The van der Waals surface area contributed by atoms with E-state index < -0.39 is 0 Å². The van der Waals surface area contributed by atoms with Crippen LogP contribution in [0.3, 0.4) is 0 Å². The molecule has 0 saturated heterocycles. The molecule has 0 heterocycles. The van der Waals surface area contributed by atoms with Gasteiger partial charge in [-0.05, 0) is 35.8 Å². The molecule has 0 aliphatic rings. The van der Waals surface area contributed by atoms with Gasteiger partial charge in [-0.1, -0.05) is 26.0 Å². The van der Waals surface area contributed by atoms with Crippen LogP contribution in [0.5, 0.6) is 5.75 Å². The van der Waals surface area contributed by atoms with Gasteiger partial charge in [0.05, 0.1) is 7.11 Å². The van der Waals surface area contributed by atoms with E-state index in [1.54, 1.807) is 7.11 Å². The smallest absolute Gasteiger partial charge is 0.118 e. The van der Waals surface area contributed by atoms with Crippen LogP contribution in [0.25, 0.3) is 0 Å². The van der Waals surface area contributed by atoms with Crippen molar-refractivity contribution in [1.29, 1.82) is 0 Å². The normalized spacial score (nSPS) is 12.8. The Hall–Kier alpha value is -0.670. The van der Waals surface area contributed by atoms with Gasteiger partial charge in [-0.15, -0.1) is 0 Å². The molecule has 2 N–H and O–H groups in total. The standard InChI is InChI=1S/C14H23NOS/c1-11(2)17-10-13(15)7-4-12-5-8-14(16-3)9-6-12/h5-6,8-9,11,13H,4,7,10,15H2,1-3H3. The maximum absolute atomic E-state index is 6.08. The maximum atomic E-state index is 6.08. The molecule has 0 bridgehead atoms. The van der Waals surface area contributed by atoms with Crippen LogP contribution in [0.15, 0.2) is 24.3 Å². The molecule has 0 aliphatic carbocycles. The molecule has 0 aliphatic heterocycles. The highest BCUT2D eigenvalue weighted by atomic mass is 32.2.